The number of benzene rings is 1. The van der Waals surface area contributed by atoms with Crippen molar-refractivity contribution in [2.24, 2.45) is 5.92 Å². The summed E-state index contributed by atoms with van der Waals surface area (Å²) < 4.78 is 5.91. The summed E-state index contributed by atoms with van der Waals surface area (Å²) in [6.45, 7) is 11.6. The first-order valence-electron chi connectivity index (χ1n) is 7.52. The van der Waals surface area contributed by atoms with Crippen LogP contribution in [0.25, 0.3) is 0 Å². The van der Waals surface area contributed by atoms with E-state index in [1.807, 2.05) is 29.5 Å². The Morgan fingerprint density at radius 2 is 1.86 bits per heavy atom. The summed E-state index contributed by atoms with van der Waals surface area (Å²) in [5.41, 5.74) is 2.44. The minimum Gasteiger partial charge on any atom is -0.491 e. The van der Waals surface area contributed by atoms with E-state index in [-0.39, 0.29) is 6.04 Å². The Balaban J connectivity index is 2.13. The minimum absolute atomic E-state index is 0.277. The van der Waals surface area contributed by atoms with Crippen LogP contribution < -0.4 is 10.1 Å². The zero-order valence-electron chi connectivity index (χ0n) is 13.6. The average molecular weight is 303 g/mol. The van der Waals surface area contributed by atoms with Gasteiger partial charge in [-0.05, 0) is 50.5 Å². The Morgan fingerprint density at radius 3 is 2.48 bits per heavy atom. The molecule has 0 fully saturated rings. The van der Waals surface area contributed by atoms with Gasteiger partial charge in [-0.25, -0.2) is 0 Å². The van der Waals surface area contributed by atoms with Crippen LogP contribution in [-0.4, -0.2) is 6.61 Å². The van der Waals surface area contributed by atoms with Gasteiger partial charge in [0.15, 0.2) is 0 Å². The Morgan fingerprint density at radius 1 is 1.14 bits per heavy atom. The first kappa shape index (κ1) is 15.9. The molecule has 0 saturated carbocycles. The molecule has 0 amide bonds. The lowest BCUT2D eigenvalue weighted by atomic mass is 10.1. The lowest BCUT2D eigenvalue weighted by Gasteiger charge is -2.19. The van der Waals surface area contributed by atoms with Gasteiger partial charge in [0, 0.05) is 15.8 Å². The molecule has 21 heavy (non-hydrogen) atoms. The first-order chi connectivity index (χ1) is 9.97. The van der Waals surface area contributed by atoms with Crippen LogP contribution in [0.15, 0.2) is 30.3 Å². The van der Waals surface area contributed by atoms with Crippen LogP contribution >= 0.6 is 11.3 Å². The second-order valence-corrected chi connectivity index (χ2v) is 7.40. The third-order valence-electron chi connectivity index (χ3n) is 3.38. The van der Waals surface area contributed by atoms with E-state index in [0.717, 1.165) is 18.0 Å². The van der Waals surface area contributed by atoms with Crippen LogP contribution in [-0.2, 0) is 0 Å². The van der Waals surface area contributed by atoms with Crippen LogP contribution in [0.3, 0.4) is 0 Å². The molecule has 1 aromatic heterocycles. The van der Waals surface area contributed by atoms with Crippen LogP contribution in [0, 0.1) is 19.8 Å². The van der Waals surface area contributed by atoms with Crippen molar-refractivity contribution in [3.05, 3.63) is 45.6 Å². The summed E-state index contributed by atoms with van der Waals surface area (Å²) in [5.74, 6) is 1.46. The number of ether oxygens (including phenoxy) is 1. The Hall–Kier alpha value is -1.48. The molecule has 1 N–H and O–H groups in total. The number of hydrogen-bond donors (Lipinski definition) is 1. The van der Waals surface area contributed by atoms with E-state index in [0.29, 0.717) is 5.92 Å². The molecule has 1 atom stereocenters. The highest BCUT2D eigenvalue weighted by molar-refractivity contribution is 7.12. The molecule has 0 saturated heterocycles. The molecule has 0 spiro atoms. The number of anilines is 1. The third-order valence-corrected chi connectivity index (χ3v) is 4.36. The van der Waals surface area contributed by atoms with Crippen LogP contribution in [0.1, 0.15) is 42.1 Å². The van der Waals surface area contributed by atoms with Gasteiger partial charge in [0.25, 0.3) is 0 Å². The number of hydrogen-bond acceptors (Lipinski definition) is 3. The fraction of sp³-hybridized carbons (Fsp3) is 0.444. The first-order valence-corrected chi connectivity index (χ1v) is 8.34. The standard InChI is InChI=1S/C18H25NOS/c1-12(2)11-20-18-9-7-6-8-17(18)19-14(4)16-10-13(3)21-15(16)5/h6-10,12,14,19H,11H2,1-5H3. The number of rotatable bonds is 6. The van der Waals surface area contributed by atoms with Gasteiger partial charge in [-0.2, -0.15) is 0 Å². The van der Waals surface area contributed by atoms with Crippen molar-refractivity contribution in [2.45, 2.75) is 40.7 Å². The molecule has 0 aliphatic carbocycles. The number of aryl methyl sites for hydroxylation is 2. The van der Waals surface area contributed by atoms with Crippen molar-refractivity contribution in [1.82, 2.24) is 0 Å². The van der Waals surface area contributed by atoms with Gasteiger partial charge in [0.2, 0.25) is 0 Å². The van der Waals surface area contributed by atoms with E-state index in [2.05, 4.69) is 52.1 Å². The van der Waals surface area contributed by atoms with Gasteiger partial charge in [-0.15, -0.1) is 11.3 Å². The van der Waals surface area contributed by atoms with E-state index in [1.54, 1.807) is 0 Å². The van der Waals surface area contributed by atoms with Crippen LogP contribution in [0.4, 0.5) is 5.69 Å². The van der Waals surface area contributed by atoms with Gasteiger partial charge in [-0.1, -0.05) is 26.0 Å². The molecular weight excluding hydrogens is 278 g/mol. The van der Waals surface area contributed by atoms with E-state index < -0.39 is 0 Å². The molecule has 2 rings (SSSR count). The van der Waals surface area contributed by atoms with Crippen molar-refractivity contribution in [1.29, 1.82) is 0 Å². The highest BCUT2D eigenvalue weighted by Gasteiger charge is 2.13. The van der Waals surface area contributed by atoms with Crippen molar-refractivity contribution in [3.63, 3.8) is 0 Å². The van der Waals surface area contributed by atoms with E-state index in [4.69, 9.17) is 4.74 Å². The molecule has 0 aliphatic rings. The van der Waals surface area contributed by atoms with Gasteiger partial charge in [0.05, 0.1) is 12.3 Å². The lowest BCUT2D eigenvalue weighted by molar-refractivity contribution is 0.272. The predicted molar refractivity (Wildman–Crippen MR) is 92.6 cm³/mol. The van der Waals surface area contributed by atoms with Gasteiger partial charge in [0.1, 0.15) is 5.75 Å². The normalized spacial score (nSPS) is 12.5. The maximum Gasteiger partial charge on any atom is 0.142 e. The highest BCUT2D eigenvalue weighted by Crippen LogP contribution is 2.32. The molecule has 2 nitrogen and oxygen atoms in total. The van der Waals surface area contributed by atoms with Crippen molar-refractivity contribution in [3.8, 4) is 5.75 Å². The average Bonchev–Trinajstić information content (AvgIpc) is 2.76. The Bertz CT molecular complexity index is 589. The SMILES string of the molecule is Cc1cc(C(C)Nc2ccccc2OCC(C)C)c(C)s1. The van der Waals surface area contributed by atoms with Crippen LogP contribution in [0.2, 0.25) is 0 Å². The van der Waals surface area contributed by atoms with Gasteiger partial charge >= 0.3 is 0 Å². The molecule has 1 heterocycles. The van der Waals surface area contributed by atoms with Crippen molar-refractivity contribution >= 4 is 17.0 Å². The molecule has 114 valence electrons. The molecule has 0 radical (unpaired) electrons. The third kappa shape index (κ3) is 4.24. The molecule has 1 unspecified atom stereocenters. The van der Waals surface area contributed by atoms with E-state index in [1.165, 1.54) is 15.3 Å². The smallest absolute Gasteiger partial charge is 0.142 e. The maximum absolute atomic E-state index is 5.91. The van der Waals surface area contributed by atoms with Crippen molar-refractivity contribution in [2.75, 3.05) is 11.9 Å². The molecule has 0 bridgehead atoms. The summed E-state index contributed by atoms with van der Waals surface area (Å²) in [7, 11) is 0. The monoisotopic (exact) mass is 303 g/mol. The zero-order valence-corrected chi connectivity index (χ0v) is 14.4. The molecule has 2 aromatic rings. The maximum atomic E-state index is 5.91. The zero-order chi connectivity index (χ0) is 15.4. The minimum atomic E-state index is 0.277. The van der Waals surface area contributed by atoms with E-state index >= 15 is 0 Å². The van der Waals surface area contributed by atoms with E-state index in [9.17, 15) is 0 Å². The summed E-state index contributed by atoms with van der Waals surface area (Å²) >= 11 is 1.86. The van der Waals surface area contributed by atoms with Gasteiger partial charge in [-0.3, -0.25) is 0 Å². The largest absolute Gasteiger partial charge is 0.491 e. The number of thiophene rings is 1. The summed E-state index contributed by atoms with van der Waals surface area (Å²) in [6, 6.07) is 10.7. The fourth-order valence-corrected chi connectivity index (χ4v) is 3.38. The van der Waals surface area contributed by atoms with Gasteiger partial charge < -0.3 is 10.1 Å². The molecule has 1 aromatic carbocycles. The number of para-hydroxylation sites is 2. The lowest BCUT2D eigenvalue weighted by Crippen LogP contribution is -2.10. The summed E-state index contributed by atoms with van der Waals surface area (Å²) in [4.78, 5) is 2.74. The quantitative estimate of drug-likeness (QED) is 0.753. The number of nitrogens with one attached hydrogen (secondary N) is 1. The Kier molecular flexibility index (Phi) is 5.29. The molecule has 0 aliphatic heterocycles. The molecule has 3 heteroatoms. The highest BCUT2D eigenvalue weighted by atomic mass is 32.1. The summed E-state index contributed by atoms with van der Waals surface area (Å²) in [6.07, 6.45) is 0. The Labute approximate surface area is 132 Å². The second kappa shape index (κ2) is 6.99. The van der Waals surface area contributed by atoms with Crippen molar-refractivity contribution < 1.29 is 4.74 Å². The summed E-state index contributed by atoms with van der Waals surface area (Å²) in [5, 5.41) is 3.59. The second-order valence-electron chi connectivity index (χ2n) is 5.94. The van der Waals surface area contributed by atoms with Crippen LogP contribution in [0.5, 0.6) is 5.75 Å². The fourth-order valence-electron chi connectivity index (χ4n) is 2.36. The molecular formula is C18H25NOS. The topological polar surface area (TPSA) is 21.3 Å². The predicted octanol–water partition coefficient (Wildman–Crippen LogP) is 5.57.